The molecule has 0 aliphatic carbocycles. The van der Waals surface area contributed by atoms with E-state index in [2.05, 4.69) is 41.8 Å². The maximum absolute atomic E-state index is 12.4. The third kappa shape index (κ3) is 8.34. The quantitative estimate of drug-likeness (QED) is 0.303. The average Bonchev–Trinajstić information content (AvgIpc) is 3.26. The van der Waals surface area contributed by atoms with Crippen LogP contribution in [0.5, 0.6) is 0 Å². The van der Waals surface area contributed by atoms with E-state index in [-0.39, 0.29) is 11.9 Å². The molecule has 35 heavy (non-hydrogen) atoms. The molecule has 0 aliphatic heterocycles. The van der Waals surface area contributed by atoms with E-state index in [9.17, 15) is 13.6 Å². The maximum atomic E-state index is 12.4. The van der Waals surface area contributed by atoms with Crippen molar-refractivity contribution in [3.8, 4) is 0 Å². The van der Waals surface area contributed by atoms with Gasteiger partial charge in [-0.05, 0) is 80.3 Å². The smallest absolute Gasteiger partial charge is 0.253 e. The number of benzene rings is 2. The van der Waals surface area contributed by atoms with Crippen LogP contribution >= 0.6 is 0 Å². The average molecular weight is 478 g/mol. The van der Waals surface area contributed by atoms with Gasteiger partial charge in [-0.2, -0.15) is 0 Å². The maximum Gasteiger partial charge on any atom is 0.253 e. The molecule has 0 saturated carbocycles. The van der Waals surface area contributed by atoms with Crippen molar-refractivity contribution in [2.45, 2.75) is 46.2 Å². The number of halogens is 2. The van der Waals surface area contributed by atoms with Crippen LogP contribution in [0.1, 0.15) is 47.3 Å². The number of nitrogens with one attached hydrogen (secondary N) is 2. The van der Waals surface area contributed by atoms with Gasteiger partial charge < -0.3 is 15.0 Å². The number of fused-ring (bicyclic) bond motifs is 1. The van der Waals surface area contributed by atoms with Crippen LogP contribution in [0.15, 0.2) is 79.1 Å². The van der Waals surface area contributed by atoms with Crippen molar-refractivity contribution in [1.82, 2.24) is 15.0 Å². The van der Waals surface area contributed by atoms with E-state index >= 15 is 0 Å². The number of hydrogen-bond acceptors (Lipinski definition) is 2. The van der Waals surface area contributed by atoms with E-state index in [4.69, 9.17) is 0 Å². The molecular formula is C29H33F2N3O. The molecule has 1 unspecified atom stereocenters. The Labute approximate surface area is 206 Å². The molecule has 0 spiro atoms. The van der Waals surface area contributed by atoms with Gasteiger partial charge in [0.15, 0.2) is 0 Å². The van der Waals surface area contributed by atoms with E-state index in [1.54, 1.807) is 6.92 Å². The molecule has 4 aromatic rings. The van der Waals surface area contributed by atoms with Crippen molar-refractivity contribution in [3.05, 3.63) is 113 Å². The molecule has 1 atom stereocenters. The van der Waals surface area contributed by atoms with Crippen molar-refractivity contribution in [1.29, 1.82) is 0 Å². The molecule has 2 aromatic carbocycles. The number of carbonyl (C=O) groups excluding carboxylic acids is 1. The Morgan fingerprint density at radius 2 is 1.71 bits per heavy atom. The summed E-state index contributed by atoms with van der Waals surface area (Å²) in [5, 5.41) is 6.54. The van der Waals surface area contributed by atoms with E-state index in [0.29, 0.717) is 11.1 Å². The van der Waals surface area contributed by atoms with Gasteiger partial charge in [0.05, 0.1) is 5.56 Å². The monoisotopic (exact) mass is 477 g/mol. The van der Waals surface area contributed by atoms with E-state index in [1.165, 1.54) is 23.3 Å². The highest BCUT2D eigenvalue weighted by Gasteiger charge is 2.11. The second-order valence-corrected chi connectivity index (χ2v) is 8.72. The highest BCUT2D eigenvalue weighted by molar-refractivity contribution is 5.95. The zero-order valence-corrected chi connectivity index (χ0v) is 20.5. The number of aromatic nitrogens is 1. The highest BCUT2D eigenvalue weighted by Crippen LogP contribution is 2.10. The zero-order chi connectivity index (χ0) is 25.2. The SMILES string of the molecule is CCc1cccc(CNCCC(C)NC(=O)c2cc3ccccn3c2)c1.Cc1cc(F)cc(F)c1. The molecule has 2 heterocycles. The first-order valence-electron chi connectivity index (χ1n) is 11.9. The van der Waals surface area contributed by atoms with E-state index in [0.717, 1.165) is 37.5 Å². The number of hydrogen-bond donors (Lipinski definition) is 2. The van der Waals surface area contributed by atoms with Crippen LogP contribution in [0.25, 0.3) is 5.52 Å². The molecule has 0 saturated heterocycles. The molecule has 0 aliphatic rings. The summed E-state index contributed by atoms with van der Waals surface area (Å²) in [5.74, 6) is -1.06. The van der Waals surface area contributed by atoms with Crippen LogP contribution in [0.4, 0.5) is 8.78 Å². The van der Waals surface area contributed by atoms with Gasteiger partial charge in [-0.3, -0.25) is 4.79 Å². The molecule has 4 rings (SSSR count). The molecule has 2 aromatic heterocycles. The lowest BCUT2D eigenvalue weighted by Gasteiger charge is -2.14. The first-order chi connectivity index (χ1) is 16.8. The lowest BCUT2D eigenvalue weighted by atomic mass is 10.1. The fourth-order valence-electron chi connectivity index (χ4n) is 3.76. The normalized spacial score (nSPS) is 11.6. The van der Waals surface area contributed by atoms with Gasteiger partial charge in [0.1, 0.15) is 11.6 Å². The van der Waals surface area contributed by atoms with Crippen LogP contribution in [0.2, 0.25) is 0 Å². The molecule has 2 N–H and O–H groups in total. The second kappa shape index (κ2) is 12.8. The standard InChI is InChI=1S/C22H27N3O.C7H6F2/c1-3-18-7-6-8-19(13-18)15-23-11-10-17(2)24-22(26)20-14-21-9-4-5-12-25(21)16-20;1-5-2-6(8)4-7(9)3-5/h4-9,12-14,16-17,23H,3,10-11,15H2,1-2H3,(H,24,26);2-4H,1H3. The summed E-state index contributed by atoms with van der Waals surface area (Å²) in [5.41, 5.74) is 5.01. The van der Waals surface area contributed by atoms with Gasteiger partial charge in [-0.15, -0.1) is 0 Å². The van der Waals surface area contributed by atoms with Crippen LogP contribution in [-0.4, -0.2) is 22.9 Å². The number of aryl methyl sites for hydroxylation is 2. The fraction of sp³-hybridized carbons (Fsp3) is 0.276. The summed E-state index contributed by atoms with van der Waals surface area (Å²) in [4.78, 5) is 12.4. The van der Waals surface area contributed by atoms with Gasteiger partial charge in [0, 0.05) is 36.6 Å². The Morgan fingerprint density at radius 3 is 2.40 bits per heavy atom. The predicted molar refractivity (Wildman–Crippen MR) is 138 cm³/mol. The summed E-state index contributed by atoms with van der Waals surface area (Å²) in [6, 6.07) is 20.1. The fourth-order valence-corrected chi connectivity index (χ4v) is 3.76. The van der Waals surface area contributed by atoms with Crippen molar-refractivity contribution in [3.63, 3.8) is 0 Å². The van der Waals surface area contributed by atoms with Gasteiger partial charge in [-0.25, -0.2) is 8.78 Å². The topological polar surface area (TPSA) is 45.5 Å². The molecule has 184 valence electrons. The van der Waals surface area contributed by atoms with Crippen molar-refractivity contribution in [2.24, 2.45) is 0 Å². The first kappa shape index (κ1) is 26.1. The van der Waals surface area contributed by atoms with Gasteiger partial charge in [0.25, 0.3) is 5.91 Å². The molecule has 6 heteroatoms. The zero-order valence-electron chi connectivity index (χ0n) is 20.5. The third-order valence-electron chi connectivity index (χ3n) is 5.63. The van der Waals surface area contributed by atoms with Crippen molar-refractivity contribution >= 4 is 11.4 Å². The summed E-state index contributed by atoms with van der Waals surface area (Å²) < 4.78 is 26.3. The largest absolute Gasteiger partial charge is 0.349 e. The van der Waals surface area contributed by atoms with E-state index < -0.39 is 11.6 Å². The summed E-state index contributed by atoms with van der Waals surface area (Å²) in [6.45, 7) is 7.60. The predicted octanol–water partition coefficient (Wildman–Crippen LogP) is 6.07. The number of pyridine rings is 1. The van der Waals surface area contributed by atoms with Crippen molar-refractivity contribution in [2.75, 3.05) is 6.54 Å². The van der Waals surface area contributed by atoms with Gasteiger partial charge in [0.2, 0.25) is 0 Å². The number of nitrogens with zero attached hydrogens (tertiary/aromatic N) is 1. The van der Waals surface area contributed by atoms with Crippen molar-refractivity contribution < 1.29 is 13.6 Å². The lowest BCUT2D eigenvalue weighted by Crippen LogP contribution is -2.34. The molecule has 1 amide bonds. The van der Waals surface area contributed by atoms with Crippen LogP contribution < -0.4 is 10.6 Å². The third-order valence-corrected chi connectivity index (χ3v) is 5.63. The number of carbonyl (C=O) groups is 1. The Bertz CT molecular complexity index is 1170. The molecular weight excluding hydrogens is 444 g/mol. The summed E-state index contributed by atoms with van der Waals surface area (Å²) in [6.07, 6.45) is 5.78. The van der Waals surface area contributed by atoms with E-state index in [1.807, 2.05) is 48.0 Å². The Hall–Kier alpha value is -3.51. The molecule has 4 nitrogen and oxygen atoms in total. The number of amides is 1. The van der Waals surface area contributed by atoms with Gasteiger partial charge in [-0.1, -0.05) is 37.3 Å². The minimum atomic E-state index is -0.521. The number of rotatable bonds is 8. The Kier molecular flexibility index (Phi) is 9.56. The van der Waals surface area contributed by atoms with Gasteiger partial charge >= 0.3 is 0 Å². The highest BCUT2D eigenvalue weighted by atomic mass is 19.1. The molecule has 0 radical (unpaired) electrons. The van der Waals surface area contributed by atoms with Crippen LogP contribution in [0.3, 0.4) is 0 Å². The molecule has 0 bridgehead atoms. The minimum Gasteiger partial charge on any atom is -0.349 e. The minimum absolute atomic E-state index is 0.0168. The summed E-state index contributed by atoms with van der Waals surface area (Å²) >= 11 is 0. The Morgan fingerprint density at radius 1 is 0.971 bits per heavy atom. The van der Waals surface area contributed by atoms with Crippen LogP contribution in [0, 0.1) is 18.6 Å². The molecule has 0 fully saturated rings. The summed E-state index contributed by atoms with van der Waals surface area (Å²) in [7, 11) is 0. The van der Waals surface area contributed by atoms with Crippen LogP contribution in [-0.2, 0) is 13.0 Å². The second-order valence-electron chi connectivity index (χ2n) is 8.72. The lowest BCUT2D eigenvalue weighted by molar-refractivity contribution is 0.0938. The Balaban J connectivity index is 0.000000320. The first-order valence-corrected chi connectivity index (χ1v) is 11.9.